The second-order valence-electron chi connectivity index (χ2n) is 3.48. The van der Waals surface area contributed by atoms with Crippen LogP contribution in [0.1, 0.15) is 19.4 Å². The highest BCUT2D eigenvalue weighted by atomic mass is 35.5. The zero-order chi connectivity index (χ0) is 14.3. The second kappa shape index (κ2) is 7.31. The van der Waals surface area contributed by atoms with Gasteiger partial charge in [-0.25, -0.2) is 0 Å². The molecule has 0 heterocycles. The molecule has 0 amide bonds. The van der Waals surface area contributed by atoms with Gasteiger partial charge < -0.3 is 9.47 Å². The number of ether oxygens (including phenoxy) is 2. The second-order valence-corrected chi connectivity index (χ2v) is 3.88. The van der Waals surface area contributed by atoms with Gasteiger partial charge >= 0.3 is 0 Å². The Labute approximate surface area is 117 Å². The molecule has 0 atom stereocenters. The maximum atomic E-state index is 8.74. The number of rotatable bonds is 5. The van der Waals surface area contributed by atoms with Crippen LogP contribution in [-0.4, -0.2) is 13.2 Å². The number of nitrogens with zero attached hydrogens (tertiary/aromatic N) is 2. The van der Waals surface area contributed by atoms with E-state index in [4.69, 9.17) is 31.6 Å². The molecule has 0 saturated carbocycles. The van der Waals surface area contributed by atoms with Crippen LogP contribution in [-0.2, 0) is 0 Å². The zero-order valence-electron chi connectivity index (χ0n) is 10.7. The van der Waals surface area contributed by atoms with Crippen LogP contribution in [0.25, 0.3) is 6.08 Å². The lowest BCUT2D eigenvalue weighted by Gasteiger charge is -2.13. The molecule has 19 heavy (non-hydrogen) atoms. The average molecular weight is 277 g/mol. The van der Waals surface area contributed by atoms with Gasteiger partial charge in [0.2, 0.25) is 0 Å². The van der Waals surface area contributed by atoms with Gasteiger partial charge in [0.1, 0.15) is 17.7 Å². The van der Waals surface area contributed by atoms with E-state index in [-0.39, 0.29) is 5.57 Å². The molecular weight excluding hydrogens is 264 g/mol. The largest absolute Gasteiger partial charge is 0.490 e. The summed E-state index contributed by atoms with van der Waals surface area (Å²) in [6, 6.07) is 6.91. The molecule has 1 aromatic carbocycles. The molecule has 0 aliphatic rings. The van der Waals surface area contributed by atoms with E-state index in [1.165, 1.54) is 6.08 Å². The van der Waals surface area contributed by atoms with Crippen molar-refractivity contribution in [3.8, 4) is 23.6 Å². The Balaban J connectivity index is 3.29. The maximum Gasteiger partial charge on any atom is 0.179 e. The minimum Gasteiger partial charge on any atom is -0.490 e. The van der Waals surface area contributed by atoms with E-state index in [1.807, 2.05) is 13.8 Å². The van der Waals surface area contributed by atoms with E-state index in [9.17, 15) is 0 Å². The standard InChI is InChI=1S/C14H13ClN2O2/c1-3-18-13-7-10(5-11(8-16)9-17)6-12(15)14(13)19-4-2/h5-7H,3-4H2,1-2H3. The first-order chi connectivity index (χ1) is 9.15. The number of benzene rings is 1. The van der Waals surface area contributed by atoms with E-state index in [2.05, 4.69) is 0 Å². The van der Waals surface area contributed by atoms with Crippen LogP contribution in [0.3, 0.4) is 0 Å². The molecule has 0 saturated heterocycles. The van der Waals surface area contributed by atoms with Gasteiger partial charge in [-0.2, -0.15) is 10.5 Å². The fourth-order valence-electron chi connectivity index (χ4n) is 1.47. The quantitative estimate of drug-likeness (QED) is 0.771. The first kappa shape index (κ1) is 14.9. The molecule has 4 nitrogen and oxygen atoms in total. The van der Waals surface area contributed by atoms with Gasteiger partial charge in [-0.3, -0.25) is 0 Å². The Hall–Kier alpha value is -2.17. The first-order valence-corrected chi connectivity index (χ1v) is 6.15. The van der Waals surface area contributed by atoms with Crippen LogP contribution in [0, 0.1) is 22.7 Å². The molecule has 0 aromatic heterocycles. The van der Waals surface area contributed by atoms with Crippen molar-refractivity contribution < 1.29 is 9.47 Å². The average Bonchev–Trinajstić information content (AvgIpc) is 2.40. The SMILES string of the molecule is CCOc1cc(C=C(C#N)C#N)cc(Cl)c1OCC. The third-order valence-corrected chi connectivity index (χ3v) is 2.45. The Morgan fingerprint density at radius 1 is 1.21 bits per heavy atom. The molecule has 0 fully saturated rings. The van der Waals surface area contributed by atoms with E-state index in [0.717, 1.165) is 0 Å². The Kier molecular flexibility index (Phi) is 5.73. The smallest absolute Gasteiger partial charge is 0.179 e. The van der Waals surface area contributed by atoms with Crippen molar-refractivity contribution in [3.63, 3.8) is 0 Å². The molecule has 0 bridgehead atoms. The fourth-order valence-corrected chi connectivity index (χ4v) is 1.75. The van der Waals surface area contributed by atoms with E-state index >= 15 is 0 Å². The molecule has 0 aliphatic heterocycles. The van der Waals surface area contributed by atoms with Crippen LogP contribution in [0.2, 0.25) is 5.02 Å². The Morgan fingerprint density at radius 3 is 2.37 bits per heavy atom. The summed E-state index contributed by atoms with van der Waals surface area (Å²) in [6.07, 6.45) is 1.45. The van der Waals surface area contributed by atoms with Crippen molar-refractivity contribution in [2.24, 2.45) is 0 Å². The summed E-state index contributed by atoms with van der Waals surface area (Å²) in [6.45, 7) is 4.63. The van der Waals surface area contributed by atoms with Crippen LogP contribution in [0.5, 0.6) is 11.5 Å². The van der Waals surface area contributed by atoms with Gasteiger partial charge in [0, 0.05) is 0 Å². The fraction of sp³-hybridized carbons (Fsp3) is 0.286. The number of allylic oxidation sites excluding steroid dienone is 1. The number of hydrogen-bond donors (Lipinski definition) is 0. The first-order valence-electron chi connectivity index (χ1n) is 5.77. The van der Waals surface area contributed by atoms with Gasteiger partial charge in [-0.1, -0.05) is 11.6 Å². The highest BCUT2D eigenvalue weighted by Crippen LogP contribution is 2.37. The molecule has 0 radical (unpaired) electrons. The lowest BCUT2D eigenvalue weighted by atomic mass is 10.1. The molecule has 0 spiro atoms. The summed E-state index contributed by atoms with van der Waals surface area (Å²) in [5.74, 6) is 0.969. The number of hydrogen-bond acceptors (Lipinski definition) is 4. The molecular formula is C14H13ClN2O2. The van der Waals surface area contributed by atoms with Crippen molar-refractivity contribution in [2.45, 2.75) is 13.8 Å². The third-order valence-electron chi connectivity index (χ3n) is 2.17. The molecule has 0 N–H and O–H groups in total. The van der Waals surface area contributed by atoms with E-state index < -0.39 is 0 Å². The molecule has 0 aliphatic carbocycles. The topological polar surface area (TPSA) is 66.0 Å². The summed E-state index contributed by atoms with van der Waals surface area (Å²) in [5, 5.41) is 17.9. The molecule has 5 heteroatoms. The number of nitriles is 2. The minimum absolute atomic E-state index is 0.00248. The van der Waals surface area contributed by atoms with Crippen molar-refractivity contribution in [1.82, 2.24) is 0 Å². The summed E-state index contributed by atoms with van der Waals surface area (Å²) in [7, 11) is 0. The van der Waals surface area contributed by atoms with Gasteiger partial charge in [0.15, 0.2) is 11.5 Å². The summed E-state index contributed by atoms with van der Waals surface area (Å²) in [5.41, 5.74) is 0.623. The van der Waals surface area contributed by atoms with E-state index in [0.29, 0.717) is 35.3 Å². The van der Waals surface area contributed by atoms with Gasteiger partial charge in [0.05, 0.1) is 18.2 Å². The lowest BCUT2D eigenvalue weighted by Crippen LogP contribution is -1.99. The van der Waals surface area contributed by atoms with Crippen molar-refractivity contribution >= 4 is 17.7 Å². The predicted octanol–water partition coefficient (Wildman–Crippen LogP) is 3.57. The highest BCUT2D eigenvalue weighted by molar-refractivity contribution is 6.32. The van der Waals surface area contributed by atoms with Crippen LogP contribution >= 0.6 is 11.6 Å². The van der Waals surface area contributed by atoms with Gasteiger partial charge in [-0.15, -0.1) is 0 Å². The lowest BCUT2D eigenvalue weighted by molar-refractivity contribution is 0.288. The van der Waals surface area contributed by atoms with Crippen LogP contribution < -0.4 is 9.47 Å². The summed E-state index contributed by atoms with van der Waals surface area (Å²) in [4.78, 5) is 0. The summed E-state index contributed by atoms with van der Waals surface area (Å²) < 4.78 is 10.9. The predicted molar refractivity (Wildman–Crippen MR) is 73.0 cm³/mol. The Morgan fingerprint density at radius 2 is 1.84 bits per heavy atom. The number of halogens is 1. The van der Waals surface area contributed by atoms with Crippen LogP contribution in [0.4, 0.5) is 0 Å². The normalized spacial score (nSPS) is 9.11. The third kappa shape index (κ3) is 3.91. The zero-order valence-corrected chi connectivity index (χ0v) is 11.5. The molecule has 0 unspecified atom stereocenters. The highest BCUT2D eigenvalue weighted by Gasteiger charge is 2.11. The maximum absolute atomic E-state index is 8.74. The monoisotopic (exact) mass is 276 g/mol. The van der Waals surface area contributed by atoms with Crippen molar-refractivity contribution in [1.29, 1.82) is 10.5 Å². The van der Waals surface area contributed by atoms with Crippen molar-refractivity contribution in [2.75, 3.05) is 13.2 Å². The van der Waals surface area contributed by atoms with Crippen LogP contribution in [0.15, 0.2) is 17.7 Å². The van der Waals surface area contributed by atoms with Gasteiger partial charge in [-0.05, 0) is 37.6 Å². The van der Waals surface area contributed by atoms with Crippen molar-refractivity contribution in [3.05, 3.63) is 28.3 Å². The molecule has 1 rings (SSSR count). The summed E-state index contributed by atoms with van der Waals surface area (Å²) >= 11 is 6.12. The Bertz CT molecular complexity index is 552. The molecule has 98 valence electrons. The molecule has 1 aromatic rings. The van der Waals surface area contributed by atoms with Gasteiger partial charge in [0.25, 0.3) is 0 Å². The minimum atomic E-state index is 0.00248. The van der Waals surface area contributed by atoms with E-state index in [1.54, 1.807) is 24.3 Å².